The fraction of sp³-hybridized carbons (Fsp3) is 0.556. The summed E-state index contributed by atoms with van der Waals surface area (Å²) in [4.78, 5) is -0.0769. The number of hydrogen-bond donors (Lipinski definition) is 0. The Kier molecular flexibility index (Phi) is 0.627. The highest BCUT2D eigenvalue weighted by Gasteiger charge is 2.13. The molecule has 1 fully saturated rings. The van der Waals surface area contributed by atoms with E-state index in [1.165, 1.54) is 0 Å². The minimum Gasteiger partial charge on any atom is -0.434 e. The summed E-state index contributed by atoms with van der Waals surface area (Å²) in [5.74, 6) is -0.912. The second-order valence-corrected chi connectivity index (χ2v) is 2.59. The van der Waals surface area contributed by atoms with E-state index in [2.05, 4.69) is 15.9 Å². The van der Waals surface area contributed by atoms with Crippen LogP contribution in [-0.2, 0) is 0 Å². The number of anilines is 1. The van der Waals surface area contributed by atoms with Gasteiger partial charge >= 0.3 is 0 Å². The maximum absolute atomic E-state index is 7.94. The first-order valence-electron chi connectivity index (χ1n) is 9.02. The molecule has 2 rings (SSSR count). The molecule has 12 heavy (non-hydrogen) atoms. The van der Waals surface area contributed by atoms with Gasteiger partial charge in [0.2, 0.25) is 0 Å². The summed E-state index contributed by atoms with van der Waals surface area (Å²) in [5, 5.41) is 0. The van der Waals surface area contributed by atoms with Crippen LogP contribution in [0.2, 0.25) is 0 Å². The van der Waals surface area contributed by atoms with Gasteiger partial charge in [-0.3, -0.25) is 0 Å². The number of piperidine rings is 1. The molecule has 3 heteroatoms. The van der Waals surface area contributed by atoms with E-state index in [4.69, 9.17) is 20.9 Å². The first-order valence-corrected chi connectivity index (χ1v) is 3.81. The van der Waals surface area contributed by atoms with Crippen LogP contribution in [0.5, 0.6) is 0 Å². The van der Waals surface area contributed by atoms with Gasteiger partial charge in [0, 0.05) is 32.7 Å². The average Bonchev–Trinajstić information content (AvgIpc) is 2.64. The lowest BCUT2D eigenvalue weighted by Gasteiger charge is -2.25. The average molecular weight is 242 g/mol. The quantitative estimate of drug-likeness (QED) is 0.752. The van der Waals surface area contributed by atoms with Crippen LogP contribution in [0.25, 0.3) is 0 Å². The molecule has 66 valence electrons. The molecule has 0 unspecified atom stereocenters. The Hall–Kier alpha value is -0.440. The Morgan fingerprint density at radius 1 is 1.42 bits per heavy atom. The zero-order valence-corrected chi connectivity index (χ0v) is 7.32. The molecule has 0 spiro atoms. The van der Waals surface area contributed by atoms with Gasteiger partial charge in [0.1, 0.15) is 0 Å². The summed E-state index contributed by atoms with van der Waals surface area (Å²) >= 11 is 2.78. The maximum Gasteiger partial charge on any atom is 0.196 e. The zero-order chi connectivity index (χ0) is 19.1. The lowest BCUT2D eigenvalue weighted by atomic mass is 10.1. The zero-order valence-electron chi connectivity index (χ0n) is 17.7. The lowest BCUT2D eigenvalue weighted by Crippen LogP contribution is -2.28. The second-order valence-electron chi connectivity index (χ2n) is 1.86. The van der Waals surface area contributed by atoms with Gasteiger partial charge in [-0.2, -0.15) is 0 Å². The molecule has 1 saturated heterocycles. The van der Waals surface area contributed by atoms with Crippen LogP contribution < -0.4 is 4.90 Å². The van der Waals surface area contributed by atoms with E-state index in [0.29, 0.717) is 0 Å². The van der Waals surface area contributed by atoms with Gasteiger partial charge < -0.3 is 9.32 Å². The van der Waals surface area contributed by atoms with Gasteiger partial charge in [0.05, 0.1) is 2.74 Å². The first-order chi connectivity index (χ1) is 10.5. The second kappa shape index (κ2) is 3.52. The molecular formula is C9H12BrNO. The van der Waals surface area contributed by atoms with E-state index >= 15 is 0 Å². The molecule has 0 amide bonds. The van der Waals surface area contributed by atoms with Crippen molar-refractivity contribution in [2.75, 3.05) is 17.9 Å². The number of rotatable bonds is 1. The normalized spacial score (nSPS) is 53.9. The molecule has 0 aliphatic carbocycles. The van der Waals surface area contributed by atoms with Crippen molar-refractivity contribution in [3.05, 3.63) is 16.8 Å². The smallest absolute Gasteiger partial charge is 0.196 e. The van der Waals surface area contributed by atoms with Crippen molar-refractivity contribution < 1.29 is 20.9 Å². The van der Waals surface area contributed by atoms with Gasteiger partial charge in [-0.05, 0) is 41.1 Å². The summed E-state index contributed by atoms with van der Waals surface area (Å²) < 4.78 is 98.1. The van der Waals surface area contributed by atoms with Gasteiger partial charge in [-0.15, -0.1) is 0 Å². The highest BCUT2D eigenvalue weighted by molar-refractivity contribution is 9.10. The fourth-order valence-electron chi connectivity index (χ4n) is 0.669. The van der Waals surface area contributed by atoms with E-state index in [1.54, 1.807) is 0 Å². The topological polar surface area (TPSA) is 16.4 Å². The van der Waals surface area contributed by atoms with Gasteiger partial charge in [0.15, 0.2) is 10.6 Å². The molecule has 1 aromatic rings. The molecule has 0 bridgehead atoms. The standard InChI is InChI=1S/C9H12BrNO/c10-8-4-5-9(12-8)11-6-2-1-3-7-11/h4-5H,1-3,6-7H2/i1D2,2D2,3D2,4D,5D,6D2,7D2. The predicted octanol–water partition coefficient (Wildman–Crippen LogP) is 3.03. The fourth-order valence-corrected chi connectivity index (χ4v) is 0.921. The SMILES string of the molecule is [2H]c1c(Br)oc(N2C([2H])([2H])C([2H])([2H])C([2H])([2H])C([2H])([2H])C2([2H])[2H])c1[2H]. The van der Waals surface area contributed by atoms with Crippen molar-refractivity contribution in [3.63, 3.8) is 0 Å². The predicted molar refractivity (Wildman–Crippen MR) is 52.5 cm³/mol. The Morgan fingerprint density at radius 2 is 2.17 bits per heavy atom. The third-order valence-corrected chi connectivity index (χ3v) is 1.48. The summed E-state index contributed by atoms with van der Waals surface area (Å²) in [6.07, 6.45) is -10.6. The highest BCUT2D eigenvalue weighted by Crippen LogP contribution is 2.24. The van der Waals surface area contributed by atoms with E-state index in [9.17, 15) is 0 Å². The van der Waals surface area contributed by atoms with E-state index < -0.39 is 50.1 Å². The third kappa shape index (κ3) is 1.66. The van der Waals surface area contributed by atoms with Crippen molar-refractivity contribution >= 4 is 21.8 Å². The van der Waals surface area contributed by atoms with Crippen molar-refractivity contribution in [2.45, 2.75) is 19.1 Å². The Balaban J connectivity index is 2.86. The monoisotopic (exact) mass is 241 g/mol. The summed E-state index contributed by atoms with van der Waals surface area (Å²) in [5.41, 5.74) is 0. The highest BCUT2D eigenvalue weighted by atomic mass is 79.9. The van der Waals surface area contributed by atoms with Crippen LogP contribution in [0, 0.1) is 0 Å². The third-order valence-electron chi connectivity index (χ3n) is 1.12. The molecular weight excluding hydrogens is 218 g/mol. The van der Waals surface area contributed by atoms with Gasteiger partial charge in [-0.1, -0.05) is 0 Å². The van der Waals surface area contributed by atoms with E-state index in [1.807, 2.05) is 0 Å². The molecule has 1 aliphatic rings. The summed E-state index contributed by atoms with van der Waals surface area (Å²) in [6.45, 7) is -6.85. The molecule has 1 aliphatic heterocycles. The Labute approximate surface area is 97.5 Å². The number of hydrogen-bond acceptors (Lipinski definition) is 2. The largest absolute Gasteiger partial charge is 0.434 e. The van der Waals surface area contributed by atoms with Crippen LogP contribution in [-0.4, -0.2) is 13.0 Å². The van der Waals surface area contributed by atoms with Crippen LogP contribution in [0.1, 0.15) is 35.6 Å². The van der Waals surface area contributed by atoms with E-state index in [-0.39, 0.29) is 9.57 Å². The Morgan fingerprint density at radius 3 is 2.75 bits per heavy atom. The maximum atomic E-state index is 7.94. The van der Waals surface area contributed by atoms with Crippen LogP contribution in [0.15, 0.2) is 21.2 Å². The van der Waals surface area contributed by atoms with Crippen molar-refractivity contribution in [3.8, 4) is 0 Å². The minimum absolute atomic E-state index is 0.0769. The molecule has 1 aromatic heterocycles. The number of nitrogens with zero attached hydrogens (tertiary/aromatic N) is 1. The van der Waals surface area contributed by atoms with Crippen molar-refractivity contribution in [1.29, 1.82) is 0 Å². The number of furan rings is 1. The van der Waals surface area contributed by atoms with Crippen LogP contribution >= 0.6 is 15.9 Å². The number of halogens is 1. The van der Waals surface area contributed by atoms with E-state index in [0.717, 1.165) is 0 Å². The van der Waals surface area contributed by atoms with Crippen LogP contribution in [0.3, 0.4) is 0 Å². The molecule has 0 atom stereocenters. The van der Waals surface area contributed by atoms with Gasteiger partial charge in [0.25, 0.3) is 0 Å². The molecule has 0 N–H and O–H groups in total. The molecule has 2 heterocycles. The molecule has 2 nitrogen and oxygen atoms in total. The molecule has 0 aromatic carbocycles. The van der Waals surface area contributed by atoms with Crippen molar-refractivity contribution in [1.82, 2.24) is 0 Å². The molecule has 0 saturated carbocycles. The lowest BCUT2D eigenvalue weighted by molar-refractivity contribution is 0.488. The van der Waals surface area contributed by atoms with Crippen LogP contribution in [0.4, 0.5) is 5.88 Å². The van der Waals surface area contributed by atoms with Crippen molar-refractivity contribution in [2.24, 2.45) is 0 Å². The first kappa shape index (κ1) is 2.14. The Bertz CT molecular complexity index is 652. The van der Waals surface area contributed by atoms with Gasteiger partial charge in [-0.25, -0.2) is 0 Å². The minimum atomic E-state index is -3.54. The molecule has 0 radical (unpaired) electrons. The summed E-state index contributed by atoms with van der Waals surface area (Å²) in [7, 11) is 0. The summed E-state index contributed by atoms with van der Waals surface area (Å²) in [6, 6.07) is -1.35.